The van der Waals surface area contributed by atoms with E-state index in [9.17, 15) is 8.42 Å². The summed E-state index contributed by atoms with van der Waals surface area (Å²) in [6, 6.07) is 12.7. The molecule has 0 saturated heterocycles. The molecule has 0 unspecified atom stereocenters. The number of aryl methyl sites for hydroxylation is 2. The molecule has 0 saturated carbocycles. The Morgan fingerprint density at radius 2 is 1.67 bits per heavy atom. The second-order valence-electron chi connectivity index (χ2n) is 5.22. The lowest BCUT2D eigenvalue weighted by molar-refractivity contribution is 0.600. The minimum Gasteiger partial charge on any atom is -0.278 e. The molecule has 110 valence electrons. The number of halogens is 1. The van der Waals surface area contributed by atoms with Crippen molar-refractivity contribution in [3.63, 3.8) is 0 Å². The molecule has 3 rings (SSSR count). The molecular formula is C16H16BrNO2S. The lowest BCUT2D eigenvalue weighted by atomic mass is 9.92. The van der Waals surface area contributed by atoms with Gasteiger partial charge in [0, 0.05) is 4.47 Å². The number of benzene rings is 2. The van der Waals surface area contributed by atoms with Gasteiger partial charge in [-0.25, -0.2) is 8.42 Å². The molecule has 2 aromatic carbocycles. The maximum Gasteiger partial charge on any atom is 0.261 e. The van der Waals surface area contributed by atoms with Crippen LogP contribution in [0.4, 0.5) is 5.69 Å². The van der Waals surface area contributed by atoms with Crippen molar-refractivity contribution in [2.24, 2.45) is 0 Å². The van der Waals surface area contributed by atoms with Crippen LogP contribution in [0.15, 0.2) is 51.8 Å². The molecule has 1 aliphatic rings. The van der Waals surface area contributed by atoms with Crippen LogP contribution in [0.25, 0.3) is 0 Å². The molecule has 0 aromatic heterocycles. The van der Waals surface area contributed by atoms with Crippen molar-refractivity contribution in [2.45, 2.75) is 30.6 Å². The average Bonchev–Trinajstić information content (AvgIpc) is 2.49. The predicted octanol–water partition coefficient (Wildman–Crippen LogP) is 4.13. The molecule has 0 spiro atoms. The number of para-hydroxylation sites is 1. The third-order valence-electron chi connectivity index (χ3n) is 3.75. The fourth-order valence-electron chi connectivity index (χ4n) is 2.62. The first-order valence-corrected chi connectivity index (χ1v) is 9.23. The Hall–Kier alpha value is -1.33. The van der Waals surface area contributed by atoms with Crippen molar-refractivity contribution in [1.82, 2.24) is 0 Å². The van der Waals surface area contributed by atoms with Gasteiger partial charge in [-0.05, 0) is 77.0 Å². The van der Waals surface area contributed by atoms with Crippen LogP contribution >= 0.6 is 15.9 Å². The molecule has 2 aromatic rings. The van der Waals surface area contributed by atoms with Gasteiger partial charge in [-0.3, -0.25) is 4.72 Å². The minimum absolute atomic E-state index is 0.332. The van der Waals surface area contributed by atoms with E-state index < -0.39 is 10.0 Å². The minimum atomic E-state index is -3.55. The van der Waals surface area contributed by atoms with Crippen LogP contribution in [0, 0.1) is 0 Å². The molecule has 5 heteroatoms. The monoisotopic (exact) mass is 365 g/mol. The summed E-state index contributed by atoms with van der Waals surface area (Å²) in [4.78, 5) is 0.332. The maximum atomic E-state index is 12.5. The lowest BCUT2D eigenvalue weighted by Crippen LogP contribution is -2.14. The van der Waals surface area contributed by atoms with E-state index in [0.717, 1.165) is 29.3 Å². The highest BCUT2D eigenvalue weighted by Crippen LogP contribution is 2.27. The number of fused-ring (bicyclic) bond motifs is 1. The molecule has 1 aliphatic carbocycles. The van der Waals surface area contributed by atoms with Crippen LogP contribution in [0.5, 0.6) is 0 Å². The SMILES string of the molecule is O=S(=O)(Nc1ccccc1Br)c1ccc2c(c1)CCCC2. The summed E-state index contributed by atoms with van der Waals surface area (Å²) in [5.74, 6) is 0. The molecule has 0 bridgehead atoms. The van der Waals surface area contributed by atoms with E-state index in [1.54, 1.807) is 18.2 Å². The highest BCUT2D eigenvalue weighted by Gasteiger charge is 2.18. The van der Waals surface area contributed by atoms with Crippen LogP contribution in [0.2, 0.25) is 0 Å². The van der Waals surface area contributed by atoms with Crippen LogP contribution in [-0.2, 0) is 22.9 Å². The third-order valence-corrected chi connectivity index (χ3v) is 5.80. The van der Waals surface area contributed by atoms with E-state index in [4.69, 9.17) is 0 Å². The second-order valence-corrected chi connectivity index (χ2v) is 7.76. The Morgan fingerprint density at radius 1 is 0.952 bits per heavy atom. The summed E-state index contributed by atoms with van der Waals surface area (Å²) >= 11 is 3.35. The Kier molecular flexibility index (Phi) is 4.04. The van der Waals surface area contributed by atoms with Crippen molar-refractivity contribution in [1.29, 1.82) is 0 Å². The van der Waals surface area contributed by atoms with Gasteiger partial charge < -0.3 is 0 Å². The number of rotatable bonds is 3. The van der Waals surface area contributed by atoms with Gasteiger partial charge in [0.25, 0.3) is 10.0 Å². The van der Waals surface area contributed by atoms with Gasteiger partial charge in [0.1, 0.15) is 0 Å². The molecule has 0 heterocycles. The highest BCUT2D eigenvalue weighted by atomic mass is 79.9. The third kappa shape index (κ3) is 3.14. The largest absolute Gasteiger partial charge is 0.278 e. The topological polar surface area (TPSA) is 46.2 Å². The fourth-order valence-corrected chi connectivity index (χ4v) is 4.27. The van der Waals surface area contributed by atoms with E-state index in [0.29, 0.717) is 10.6 Å². The zero-order valence-electron chi connectivity index (χ0n) is 11.5. The Morgan fingerprint density at radius 3 is 2.43 bits per heavy atom. The van der Waals surface area contributed by atoms with E-state index >= 15 is 0 Å². The highest BCUT2D eigenvalue weighted by molar-refractivity contribution is 9.10. The van der Waals surface area contributed by atoms with Crippen LogP contribution in [-0.4, -0.2) is 8.42 Å². The van der Waals surface area contributed by atoms with Crippen LogP contribution < -0.4 is 4.72 Å². The molecule has 0 aliphatic heterocycles. The summed E-state index contributed by atoms with van der Waals surface area (Å²) in [6.45, 7) is 0. The predicted molar refractivity (Wildman–Crippen MR) is 88.0 cm³/mol. The van der Waals surface area contributed by atoms with Crippen LogP contribution in [0.1, 0.15) is 24.0 Å². The van der Waals surface area contributed by atoms with E-state index in [1.807, 2.05) is 24.3 Å². The number of nitrogens with one attached hydrogen (secondary N) is 1. The van der Waals surface area contributed by atoms with E-state index in [-0.39, 0.29) is 0 Å². The van der Waals surface area contributed by atoms with Gasteiger partial charge in [-0.1, -0.05) is 18.2 Å². The van der Waals surface area contributed by atoms with Crippen molar-refractivity contribution < 1.29 is 8.42 Å². The second kappa shape index (κ2) is 5.81. The van der Waals surface area contributed by atoms with Gasteiger partial charge in [0.15, 0.2) is 0 Å². The quantitative estimate of drug-likeness (QED) is 0.888. The molecule has 0 atom stereocenters. The molecule has 0 amide bonds. The van der Waals surface area contributed by atoms with Crippen molar-refractivity contribution in [2.75, 3.05) is 4.72 Å². The normalized spacial score (nSPS) is 14.5. The van der Waals surface area contributed by atoms with Crippen molar-refractivity contribution in [3.8, 4) is 0 Å². The first-order chi connectivity index (χ1) is 10.1. The summed E-state index contributed by atoms with van der Waals surface area (Å²) in [5, 5.41) is 0. The lowest BCUT2D eigenvalue weighted by Gasteiger charge is -2.17. The van der Waals surface area contributed by atoms with E-state index in [1.165, 1.54) is 12.0 Å². The van der Waals surface area contributed by atoms with Crippen molar-refractivity contribution >= 4 is 31.6 Å². The zero-order valence-corrected chi connectivity index (χ0v) is 13.9. The van der Waals surface area contributed by atoms with Gasteiger partial charge >= 0.3 is 0 Å². The summed E-state index contributed by atoms with van der Waals surface area (Å²) < 4.78 is 28.4. The molecular weight excluding hydrogens is 350 g/mol. The number of sulfonamides is 1. The Balaban J connectivity index is 1.93. The number of hydrogen-bond acceptors (Lipinski definition) is 2. The summed E-state index contributed by atoms with van der Waals surface area (Å²) in [6.07, 6.45) is 4.34. The number of anilines is 1. The molecule has 1 N–H and O–H groups in total. The first-order valence-electron chi connectivity index (χ1n) is 6.95. The molecule has 21 heavy (non-hydrogen) atoms. The van der Waals surface area contributed by atoms with Gasteiger partial charge in [0.05, 0.1) is 10.6 Å². The Labute approximate surface area is 133 Å². The molecule has 0 radical (unpaired) electrons. The van der Waals surface area contributed by atoms with Crippen molar-refractivity contribution in [3.05, 3.63) is 58.1 Å². The average molecular weight is 366 g/mol. The Bertz CT molecular complexity index is 772. The van der Waals surface area contributed by atoms with Gasteiger partial charge in [-0.2, -0.15) is 0 Å². The summed E-state index contributed by atoms with van der Waals surface area (Å²) in [5.41, 5.74) is 2.99. The summed E-state index contributed by atoms with van der Waals surface area (Å²) in [7, 11) is -3.55. The van der Waals surface area contributed by atoms with Gasteiger partial charge in [-0.15, -0.1) is 0 Å². The first kappa shape index (κ1) is 14.6. The standard InChI is InChI=1S/C16H16BrNO2S/c17-15-7-3-4-8-16(15)18-21(19,20)14-10-9-12-5-1-2-6-13(12)11-14/h3-4,7-11,18H,1-2,5-6H2. The van der Waals surface area contributed by atoms with Gasteiger partial charge in [0.2, 0.25) is 0 Å². The van der Waals surface area contributed by atoms with E-state index in [2.05, 4.69) is 20.7 Å². The smallest absolute Gasteiger partial charge is 0.261 e. The molecule has 3 nitrogen and oxygen atoms in total. The zero-order chi connectivity index (χ0) is 14.9. The van der Waals surface area contributed by atoms with Crippen LogP contribution in [0.3, 0.4) is 0 Å². The number of hydrogen-bond donors (Lipinski definition) is 1. The molecule has 0 fully saturated rings. The fraction of sp³-hybridized carbons (Fsp3) is 0.250. The maximum absolute atomic E-state index is 12.5.